The highest BCUT2D eigenvalue weighted by Gasteiger charge is 2.72. The van der Waals surface area contributed by atoms with Crippen molar-refractivity contribution >= 4 is 23.4 Å². The smallest absolute Gasteiger partial charge is 0.246 e. The van der Waals surface area contributed by atoms with E-state index < -0.39 is 29.6 Å². The van der Waals surface area contributed by atoms with E-state index in [0.717, 1.165) is 30.6 Å². The van der Waals surface area contributed by atoms with Gasteiger partial charge in [0.2, 0.25) is 17.7 Å². The first kappa shape index (κ1) is 27.5. The van der Waals surface area contributed by atoms with Gasteiger partial charge in [-0.15, -0.1) is 0 Å². The van der Waals surface area contributed by atoms with Gasteiger partial charge in [0.1, 0.15) is 17.4 Å². The van der Waals surface area contributed by atoms with Gasteiger partial charge in [0.05, 0.1) is 24.5 Å². The molecule has 2 aromatic rings. The molecule has 3 heterocycles. The van der Waals surface area contributed by atoms with E-state index in [9.17, 15) is 14.4 Å². The second-order valence-electron chi connectivity index (χ2n) is 11.8. The predicted octanol–water partition coefficient (Wildman–Crippen LogP) is 4.11. The highest BCUT2D eigenvalue weighted by atomic mass is 16.5. The maximum atomic E-state index is 14.2. The Morgan fingerprint density at radius 1 is 1.05 bits per heavy atom. The molecule has 2 bridgehead atoms. The van der Waals surface area contributed by atoms with Crippen LogP contribution in [0.5, 0.6) is 5.75 Å². The molecule has 1 spiro atoms. The highest BCUT2D eigenvalue weighted by Crippen LogP contribution is 2.55. The fraction of sp³-hybridized carbons (Fsp3) is 0.485. The number of nitrogens with one attached hydrogen (secondary N) is 2. The molecule has 3 amide bonds. The largest absolute Gasteiger partial charge is 0.494 e. The van der Waals surface area contributed by atoms with Crippen LogP contribution in [0, 0.1) is 17.8 Å². The number of rotatable bonds is 9. The van der Waals surface area contributed by atoms with Crippen molar-refractivity contribution in [2.45, 2.75) is 69.7 Å². The van der Waals surface area contributed by atoms with E-state index in [4.69, 9.17) is 9.47 Å². The number of ether oxygens (including phenoxy) is 2. The molecule has 1 saturated carbocycles. The Morgan fingerprint density at radius 3 is 2.54 bits per heavy atom. The SMILES string of the molecule is CCOc1ccc(NC(=O)[C@H]2[C@H]3C=C[C@@]4(O3)[C@H]2C(=O)N(CCc2ccccc2)[C@@H]4C(=O)N[C@@H]2CCCC[C@@H]2C)cc1. The third kappa shape index (κ3) is 5.03. The molecule has 4 aliphatic rings. The zero-order chi connectivity index (χ0) is 28.6. The Morgan fingerprint density at radius 2 is 1.80 bits per heavy atom. The molecule has 1 aliphatic carbocycles. The minimum atomic E-state index is -1.17. The molecule has 0 unspecified atom stereocenters. The van der Waals surface area contributed by atoms with Crippen LogP contribution in [-0.4, -0.2) is 59.6 Å². The molecule has 8 nitrogen and oxygen atoms in total. The first-order valence-corrected chi connectivity index (χ1v) is 15.0. The second-order valence-corrected chi connectivity index (χ2v) is 11.8. The van der Waals surface area contributed by atoms with Gasteiger partial charge in [-0.3, -0.25) is 14.4 Å². The predicted molar refractivity (Wildman–Crippen MR) is 155 cm³/mol. The van der Waals surface area contributed by atoms with E-state index in [1.807, 2.05) is 49.4 Å². The lowest BCUT2D eigenvalue weighted by molar-refractivity contribution is -0.141. The normalized spacial score (nSPS) is 31.7. The minimum Gasteiger partial charge on any atom is -0.494 e. The number of benzene rings is 2. The first-order chi connectivity index (χ1) is 19.9. The number of carbonyl (C=O) groups is 3. The molecular formula is C33H39N3O5. The molecule has 2 aromatic carbocycles. The number of fused-ring (bicyclic) bond motifs is 1. The Balaban J connectivity index is 1.27. The van der Waals surface area contributed by atoms with Crippen LogP contribution in [0.25, 0.3) is 0 Å². The Hall–Kier alpha value is -3.65. The van der Waals surface area contributed by atoms with Crippen LogP contribution in [0.3, 0.4) is 0 Å². The molecular weight excluding hydrogens is 518 g/mol. The summed E-state index contributed by atoms with van der Waals surface area (Å²) in [6.07, 6.45) is 8.03. The Labute approximate surface area is 241 Å². The lowest BCUT2D eigenvalue weighted by Gasteiger charge is -2.36. The van der Waals surface area contributed by atoms with Gasteiger partial charge in [-0.1, -0.05) is 62.2 Å². The van der Waals surface area contributed by atoms with Crippen LogP contribution in [0.4, 0.5) is 5.69 Å². The molecule has 8 heteroatoms. The zero-order valence-electron chi connectivity index (χ0n) is 23.8. The van der Waals surface area contributed by atoms with Crippen LogP contribution in [-0.2, 0) is 25.5 Å². The van der Waals surface area contributed by atoms with E-state index in [-0.39, 0.29) is 23.8 Å². The van der Waals surface area contributed by atoms with Crippen LogP contribution in [0.1, 0.15) is 45.1 Å². The number of likely N-dealkylation sites (tertiary alicyclic amines) is 1. The van der Waals surface area contributed by atoms with Crippen LogP contribution < -0.4 is 15.4 Å². The lowest BCUT2D eigenvalue weighted by atomic mass is 9.74. The summed E-state index contributed by atoms with van der Waals surface area (Å²) in [5.41, 5.74) is 0.535. The van der Waals surface area contributed by atoms with Crippen molar-refractivity contribution in [1.82, 2.24) is 10.2 Å². The van der Waals surface area contributed by atoms with Crippen molar-refractivity contribution in [2.75, 3.05) is 18.5 Å². The molecule has 0 radical (unpaired) electrons. The zero-order valence-corrected chi connectivity index (χ0v) is 23.8. The van der Waals surface area contributed by atoms with E-state index in [1.54, 1.807) is 29.2 Å². The minimum absolute atomic E-state index is 0.0686. The molecule has 3 fully saturated rings. The summed E-state index contributed by atoms with van der Waals surface area (Å²) in [4.78, 5) is 43.6. The van der Waals surface area contributed by atoms with Crippen LogP contribution in [0.2, 0.25) is 0 Å². The fourth-order valence-corrected chi connectivity index (χ4v) is 7.22. The van der Waals surface area contributed by atoms with Gasteiger partial charge in [-0.05, 0) is 61.9 Å². The molecule has 0 aromatic heterocycles. The third-order valence-corrected chi connectivity index (χ3v) is 9.28. The first-order valence-electron chi connectivity index (χ1n) is 15.0. The lowest BCUT2D eigenvalue weighted by Crippen LogP contribution is -2.57. The standard InChI is InChI=1S/C33H39N3O5/c1-3-40-24-15-13-23(14-16-24)34-30(37)27-26-17-19-33(41-26)28(27)32(39)36(20-18-22-10-5-4-6-11-22)29(33)31(38)35-25-12-8-7-9-21(25)2/h4-6,10-11,13-17,19,21,25-29H,3,7-9,12,18,20H2,1-2H3,(H,34,37)(H,35,38)/t21-,25+,26+,27-,28+,29+,33+/m0/s1. The van der Waals surface area contributed by atoms with Crippen molar-refractivity contribution in [3.63, 3.8) is 0 Å². The van der Waals surface area contributed by atoms with Crippen molar-refractivity contribution in [1.29, 1.82) is 0 Å². The maximum Gasteiger partial charge on any atom is 0.246 e. The van der Waals surface area contributed by atoms with E-state index >= 15 is 0 Å². The maximum absolute atomic E-state index is 14.2. The molecule has 6 rings (SSSR count). The van der Waals surface area contributed by atoms with Gasteiger partial charge in [0.25, 0.3) is 0 Å². The average molecular weight is 558 g/mol. The quantitative estimate of drug-likeness (QED) is 0.453. The van der Waals surface area contributed by atoms with Gasteiger partial charge in [0.15, 0.2) is 0 Å². The van der Waals surface area contributed by atoms with Gasteiger partial charge in [-0.25, -0.2) is 0 Å². The average Bonchev–Trinajstić information content (AvgIpc) is 3.62. The molecule has 7 atom stereocenters. The van der Waals surface area contributed by atoms with E-state index in [0.29, 0.717) is 31.2 Å². The summed E-state index contributed by atoms with van der Waals surface area (Å²) in [5.74, 6) is -1.08. The number of anilines is 1. The summed E-state index contributed by atoms with van der Waals surface area (Å²) in [5, 5.41) is 6.27. The van der Waals surface area contributed by atoms with Gasteiger partial charge in [0, 0.05) is 18.3 Å². The number of hydrogen-bond donors (Lipinski definition) is 2. The summed E-state index contributed by atoms with van der Waals surface area (Å²) >= 11 is 0. The fourth-order valence-electron chi connectivity index (χ4n) is 7.22. The topological polar surface area (TPSA) is 97.0 Å². The monoisotopic (exact) mass is 557 g/mol. The van der Waals surface area contributed by atoms with E-state index in [1.165, 1.54) is 6.42 Å². The van der Waals surface area contributed by atoms with Gasteiger partial charge < -0.3 is 25.0 Å². The molecule has 41 heavy (non-hydrogen) atoms. The number of carbonyl (C=O) groups excluding carboxylic acids is 3. The van der Waals surface area contributed by atoms with Crippen molar-refractivity contribution < 1.29 is 23.9 Å². The summed E-state index contributed by atoms with van der Waals surface area (Å²) in [6, 6.07) is 16.4. The van der Waals surface area contributed by atoms with Crippen molar-refractivity contribution in [3.8, 4) is 5.75 Å². The van der Waals surface area contributed by atoms with Gasteiger partial charge in [-0.2, -0.15) is 0 Å². The number of amides is 3. The third-order valence-electron chi connectivity index (χ3n) is 9.28. The summed E-state index contributed by atoms with van der Waals surface area (Å²) in [6.45, 7) is 5.02. The second kappa shape index (κ2) is 11.3. The summed E-state index contributed by atoms with van der Waals surface area (Å²) in [7, 11) is 0. The Kier molecular flexibility index (Phi) is 7.60. The summed E-state index contributed by atoms with van der Waals surface area (Å²) < 4.78 is 12.0. The number of hydrogen-bond acceptors (Lipinski definition) is 5. The highest BCUT2D eigenvalue weighted by molar-refractivity contribution is 6.02. The van der Waals surface area contributed by atoms with Gasteiger partial charge >= 0.3 is 0 Å². The van der Waals surface area contributed by atoms with Crippen molar-refractivity contribution in [3.05, 3.63) is 72.3 Å². The number of nitrogens with zero attached hydrogens (tertiary/aromatic N) is 1. The van der Waals surface area contributed by atoms with Crippen molar-refractivity contribution in [2.24, 2.45) is 17.8 Å². The van der Waals surface area contributed by atoms with E-state index in [2.05, 4.69) is 17.6 Å². The Bertz CT molecular complexity index is 1310. The van der Waals surface area contributed by atoms with Crippen LogP contribution in [0.15, 0.2) is 66.7 Å². The van der Waals surface area contributed by atoms with Crippen LogP contribution >= 0.6 is 0 Å². The molecule has 2 saturated heterocycles. The molecule has 2 N–H and O–H groups in total. The molecule has 216 valence electrons. The molecule has 3 aliphatic heterocycles.